The molecule has 1 heterocycles. The van der Waals surface area contributed by atoms with Crippen LogP contribution in [0.4, 0.5) is 0 Å². The number of rotatable bonds is 1. The summed E-state index contributed by atoms with van der Waals surface area (Å²) in [6.07, 6.45) is 3.53. The lowest BCUT2D eigenvalue weighted by atomic mass is 10.1. The molecular weight excluding hydrogens is 168 g/mol. The molecule has 12 heavy (non-hydrogen) atoms. The number of nitrogens with two attached hydrogens (primary N) is 1. The molecule has 66 valence electrons. The maximum atomic E-state index is 5.85. The van der Waals surface area contributed by atoms with E-state index in [2.05, 4.69) is 17.3 Å². The van der Waals surface area contributed by atoms with Gasteiger partial charge in [0.05, 0.1) is 5.01 Å². The lowest BCUT2D eigenvalue weighted by Crippen LogP contribution is -2.14. The topological polar surface area (TPSA) is 38.9 Å². The highest BCUT2D eigenvalue weighted by Crippen LogP contribution is 2.34. The van der Waals surface area contributed by atoms with Crippen LogP contribution in [0.5, 0.6) is 0 Å². The Balaban J connectivity index is 2.11. The van der Waals surface area contributed by atoms with Crippen LogP contribution >= 0.6 is 11.3 Å². The van der Waals surface area contributed by atoms with E-state index in [0.717, 1.165) is 12.1 Å². The second-order valence-corrected chi connectivity index (χ2v) is 4.49. The summed E-state index contributed by atoms with van der Waals surface area (Å²) in [4.78, 5) is 4.49. The molecule has 2 nitrogen and oxygen atoms in total. The molecule has 3 heteroatoms. The van der Waals surface area contributed by atoms with Gasteiger partial charge < -0.3 is 5.73 Å². The van der Waals surface area contributed by atoms with Crippen molar-refractivity contribution in [3.05, 3.63) is 16.1 Å². The quantitative estimate of drug-likeness (QED) is 0.722. The smallest absolute Gasteiger partial charge is 0.0959 e. The Bertz CT molecular complexity index is 269. The molecule has 0 amide bonds. The Morgan fingerprint density at radius 3 is 2.92 bits per heavy atom. The lowest BCUT2D eigenvalue weighted by Gasteiger charge is -2.03. The highest BCUT2D eigenvalue weighted by atomic mass is 32.1. The minimum Gasteiger partial charge on any atom is -0.328 e. The summed E-state index contributed by atoms with van der Waals surface area (Å²) in [5.74, 6) is 0.652. The predicted octanol–water partition coefficient (Wildman–Crippen LogP) is 2.05. The van der Waals surface area contributed by atoms with Crippen LogP contribution in [0.25, 0.3) is 0 Å². The van der Waals surface area contributed by atoms with Crippen LogP contribution in [0.2, 0.25) is 0 Å². The number of hydrogen-bond acceptors (Lipinski definition) is 3. The highest BCUT2D eigenvalue weighted by Gasteiger charge is 2.24. The zero-order valence-corrected chi connectivity index (χ0v) is 8.10. The maximum Gasteiger partial charge on any atom is 0.0959 e. The molecule has 1 aromatic heterocycles. The summed E-state index contributed by atoms with van der Waals surface area (Å²) < 4.78 is 0. The van der Waals surface area contributed by atoms with Crippen molar-refractivity contribution in [1.29, 1.82) is 0 Å². The summed E-state index contributed by atoms with van der Waals surface area (Å²) in [7, 11) is 0. The van der Waals surface area contributed by atoms with Crippen LogP contribution in [0, 0.1) is 6.92 Å². The molecular formula is C9H14N2S. The van der Waals surface area contributed by atoms with Crippen molar-refractivity contribution in [1.82, 2.24) is 4.98 Å². The molecule has 0 saturated heterocycles. The van der Waals surface area contributed by atoms with E-state index in [-0.39, 0.29) is 0 Å². The Morgan fingerprint density at radius 2 is 2.42 bits per heavy atom. The Hall–Kier alpha value is -0.410. The molecule has 1 aliphatic carbocycles. The lowest BCUT2D eigenvalue weighted by molar-refractivity contribution is 0.671. The maximum absolute atomic E-state index is 5.85. The van der Waals surface area contributed by atoms with Crippen molar-refractivity contribution < 1.29 is 0 Å². The summed E-state index contributed by atoms with van der Waals surface area (Å²) in [5, 5.41) is 3.42. The summed E-state index contributed by atoms with van der Waals surface area (Å²) in [6, 6.07) is 0.416. The first kappa shape index (κ1) is 8.20. The van der Waals surface area contributed by atoms with Gasteiger partial charge in [-0.2, -0.15) is 0 Å². The summed E-state index contributed by atoms with van der Waals surface area (Å²) in [5.41, 5.74) is 6.99. The van der Waals surface area contributed by atoms with E-state index in [1.807, 2.05) is 0 Å². The number of thiazole rings is 1. The molecule has 0 bridgehead atoms. The molecule has 0 aromatic carbocycles. The van der Waals surface area contributed by atoms with Crippen LogP contribution in [0.3, 0.4) is 0 Å². The molecule has 0 spiro atoms. The van der Waals surface area contributed by atoms with Gasteiger partial charge in [-0.05, 0) is 26.2 Å². The standard InChI is InChI=1S/C9H14N2S/c1-6-5-12-9(11-6)7-2-3-8(10)4-7/h5,7-8H,2-4,10H2,1H3. The molecule has 2 rings (SSSR count). The second-order valence-electron chi connectivity index (χ2n) is 3.60. The van der Waals surface area contributed by atoms with Crippen molar-refractivity contribution in [2.45, 2.75) is 38.1 Å². The number of nitrogens with zero attached hydrogens (tertiary/aromatic N) is 1. The van der Waals surface area contributed by atoms with Gasteiger partial charge in [0.2, 0.25) is 0 Å². The van der Waals surface area contributed by atoms with Gasteiger partial charge in [-0.25, -0.2) is 4.98 Å². The van der Waals surface area contributed by atoms with Gasteiger partial charge in [-0.15, -0.1) is 11.3 Å². The third-order valence-corrected chi connectivity index (χ3v) is 3.58. The third-order valence-electron chi connectivity index (χ3n) is 2.46. The van der Waals surface area contributed by atoms with Crippen LogP contribution in [-0.4, -0.2) is 11.0 Å². The van der Waals surface area contributed by atoms with E-state index in [0.29, 0.717) is 12.0 Å². The SMILES string of the molecule is Cc1csc(C2CCC(N)C2)n1. The largest absolute Gasteiger partial charge is 0.328 e. The van der Waals surface area contributed by atoms with E-state index >= 15 is 0 Å². The van der Waals surface area contributed by atoms with E-state index in [1.165, 1.54) is 17.8 Å². The van der Waals surface area contributed by atoms with E-state index in [9.17, 15) is 0 Å². The zero-order chi connectivity index (χ0) is 8.55. The number of hydrogen-bond donors (Lipinski definition) is 1. The average Bonchev–Trinajstić information content (AvgIpc) is 2.58. The fourth-order valence-corrected chi connectivity index (χ4v) is 2.75. The van der Waals surface area contributed by atoms with Gasteiger partial charge in [0.15, 0.2) is 0 Å². The van der Waals surface area contributed by atoms with Gasteiger partial charge in [0.1, 0.15) is 0 Å². The molecule has 1 aromatic rings. The molecule has 2 N–H and O–H groups in total. The summed E-state index contributed by atoms with van der Waals surface area (Å²) in [6.45, 7) is 2.05. The predicted molar refractivity (Wildman–Crippen MR) is 51.4 cm³/mol. The van der Waals surface area contributed by atoms with Crippen LogP contribution in [-0.2, 0) is 0 Å². The fourth-order valence-electron chi connectivity index (χ4n) is 1.80. The van der Waals surface area contributed by atoms with Crippen LogP contribution in [0.15, 0.2) is 5.38 Å². The molecule has 2 unspecified atom stereocenters. The molecule has 1 saturated carbocycles. The van der Waals surface area contributed by atoms with Crippen molar-refractivity contribution in [2.75, 3.05) is 0 Å². The van der Waals surface area contributed by atoms with Gasteiger partial charge in [0, 0.05) is 23.0 Å². The highest BCUT2D eigenvalue weighted by molar-refractivity contribution is 7.09. The first-order valence-electron chi connectivity index (χ1n) is 4.43. The van der Waals surface area contributed by atoms with Crippen LogP contribution < -0.4 is 5.73 Å². The van der Waals surface area contributed by atoms with Gasteiger partial charge in [-0.3, -0.25) is 0 Å². The molecule has 2 atom stereocenters. The van der Waals surface area contributed by atoms with E-state index in [1.54, 1.807) is 11.3 Å². The van der Waals surface area contributed by atoms with Crippen molar-refractivity contribution >= 4 is 11.3 Å². The average molecular weight is 182 g/mol. The van der Waals surface area contributed by atoms with E-state index in [4.69, 9.17) is 5.73 Å². The monoisotopic (exact) mass is 182 g/mol. The molecule has 1 aliphatic rings. The molecule has 0 aliphatic heterocycles. The molecule has 0 radical (unpaired) electrons. The molecule has 1 fully saturated rings. The minimum atomic E-state index is 0.416. The Morgan fingerprint density at radius 1 is 1.58 bits per heavy atom. The number of aromatic nitrogens is 1. The zero-order valence-electron chi connectivity index (χ0n) is 7.29. The Kier molecular flexibility index (Phi) is 2.15. The minimum absolute atomic E-state index is 0.416. The first-order chi connectivity index (χ1) is 5.75. The Labute approximate surface area is 76.8 Å². The summed E-state index contributed by atoms with van der Waals surface area (Å²) >= 11 is 1.78. The second kappa shape index (κ2) is 3.15. The fraction of sp³-hybridized carbons (Fsp3) is 0.667. The van der Waals surface area contributed by atoms with Gasteiger partial charge >= 0.3 is 0 Å². The van der Waals surface area contributed by atoms with Crippen molar-refractivity contribution in [2.24, 2.45) is 5.73 Å². The van der Waals surface area contributed by atoms with Gasteiger partial charge in [0.25, 0.3) is 0 Å². The van der Waals surface area contributed by atoms with Crippen LogP contribution in [0.1, 0.15) is 35.9 Å². The van der Waals surface area contributed by atoms with E-state index < -0.39 is 0 Å². The normalized spacial score (nSPS) is 29.5. The van der Waals surface area contributed by atoms with Crippen molar-refractivity contribution in [3.63, 3.8) is 0 Å². The number of aryl methyl sites for hydroxylation is 1. The van der Waals surface area contributed by atoms with Crippen molar-refractivity contribution in [3.8, 4) is 0 Å². The third kappa shape index (κ3) is 1.52. The van der Waals surface area contributed by atoms with Gasteiger partial charge in [-0.1, -0.05) is 0 Å². The first-order valence-corrected chi connectivity index (χ1v) is 5.31.